The lowest BCUT2D eigenvalue weighted by molar-refractivity contribution is 0.213. The zero-order valence-corrected chi connectivity index (χ0v) is 13.2. The van der Waals surface area contributed by atoms with Crippen molar-refractivity contribution in [2.24, 2.45) is 11.3 Å². The summed E-state index contributed by atoms with van der Waals surface area (Å²) in [4.78, 5) is 0. The van der Waals surface area contributed by atoms with E-state index in [1.807, 2.05) is 11.8 Å². The first-order valence-electron chi connectivity index (χ1n) is 7.19. The van der Waals surface area contributed by atoms with Crippen LogP contribution in [0.4, 0.5) is 0 Å². The van der Waals surface area contributed by atoms with Crippen LogP contribution in [0.1, 0.15) is 59.8 Å². The second kappa shape index (κ2) is 7.04. The second-order valence-corrected chi connectivity index (χ2v) is 8.00. The van der Waals surface area contributed by atoms with E-state index in [-0.39, 0.29) is 0 Å². The van der Waals surface area contributed by atoms with Gasteiger partial charge in [0.25, 0.3) is 0 Å². The van der Waals surface area contributed by atoms with E-state index >= 15 is 0 Å². The Bertz CT molecular complexity index is 209. The van der Waals surface area contributed by atoms with Crippen LogP contribution in [0.5, 0.6) is 0 Å². The normalized spacial score (nSPS) is 28.8. The van der Waals surface area contributed by atoms with Crippen molar-refractivity contribution in [2.75, 3.05) is 12.8 Å². The first-order valence-corrected chi connectivity index (χ1v) is 8.48. The van der Waals surface area contributed by atoms with Gasteiger partial charge in [-0.1, -0.05) is 34.1 Å². The topological polar surface area (TPSA) is 12.0 Å². The lowest BCUT2D eigenvalue weighted by Gasteiger charge is -2.29. The molecule has 2 heteroatoms. The van der Waals surface area contributed by atoms with E-state index in [0.29, 0.717) is 5.41 Å². The Morgan fingerprint density at radius 3 is 2.47 bits per heavy atom. The molecule has 0 aromatic carbocycles. The second-order valence-electron chi connectivity index (χ2n) is 6.72. The van der Waals surface area contributed by atoms with Gasteiger partial charge in [-0.25, -0.2) is 0 Å². The zero-order chi connectivity index (χ0) is 12.9. The molecule has 0 aromatic rings. The SMILES string of the molecule is CSC(C)CNC1CCCC(C(C)(C)C)CC1. The number of thioether (sulfide) groups is 1. The van der Waals surface area contributed by atoms with Crippen LogP contribution in [0.25, 0.3) is 0 Å². The van der Waals surface area contributed by atoms with Crippen molar-refractivity contribution in [1.82, 2.24) is 5.32 Å². The van der Waals surface area contributed by atoms with E-state index in [1.54, 1.807) is 0 Å². The van der Waals surface area contributed by atoms with Crippen LogP contribution in [0, 0.1) is 11.3 Å². The molecule has 1 rings (SSSR count). The third-order valence-corrected chi connectivity index (χ3v) is 5.26. The number of hydrogen-bond acceptors (Lipinski definition) is 2. The van der Waals surface area contributed by atoms with Gasteiger partial charge in [0.15, 0.2) is 0 Å². The minimum absolute atomic E-state index is 0.501. The Morgan fingerprint density at radius 2 is 1.88 bits per heavy atom. The van der Waals surface area contributed by atoms with Crippen molar-refractivity contribution in [2.45, 2.75) is 71.1 Å². The molecule has 17 heavy (non-hydrogen) atoms. The molecule has 1 fully saturated rings. The predicted octanol–water partition coefficient (Wildman–Crippen LogP) is 4.32. The van der Waals surface area contributed by atoms with Crippen LogP contribution < -0.4 is 5.32 Å². The molecular weight excluding hydrogens is 226 g/mol. The Morgan fingerprint density at radius 1 is 1.18 bits per heavy atom. The molecule has 0 saturated heterocycles. The lowest BCUT2D eigenvalue weighted by atomic mass is 9.76. The minimum Gasteiger partial charge on any atom is -0.313 e. The summed E-state index contributed by atoms with van der Waals surface area (Å²) in [5, 5.41) is 4.51. The minimum atomic E-state index is 0.501. The predicted molar refractivity (Wildman–Crippen MR) is 80.8 cm³/mol. The molecule has 102 valence electrons. The fourth-order valence-corrected chi connectivity index (χ4v) is 3.05. The average Bonchev–Trinajstić information content (AvgIpc) is 2.50. The molecule has 0 spiro atoms. The molecule has 1 saturated carbocycles. The smallest absolute Gasteiger partial charge is 0.0141 e. The summed E-state index contributed by atoms with van der Waals surface area (Å²) < 4.78 is 0. The third-order valence-electron chi connectivity index (χ3n) is 4.29. The molecule has 1 nitrogen and oxygen atoms in total. The average molecular weight is 257 g/mol. The van der Waals surface area contributed by atoms with E-state index < -0.39 is 0 Å². The quantitative estimate of drug-likeness (QED) is 0.753. The van der Waals surface area contributed by atoms with Gasteiger partial charge < -0.3 is 5.32 Å². The molecule has 3 atom stereocenters. The van der Waals surface area contributed by atoms with Crippen LogP contribution in [-0.4, -0.2) is 24.1 Å². The monoisotopic (exact) mass is 257 g/mol. The Hall–Kier alpha value is 0.310. The van der Waals surface area contributed by atoms with Crippen molar-refractivity contribution < 1.29 is 0 Å². The van der Waals surface area contributed by atoms with E-state index in [1.165, 1.54) is 38.6 Å². The first kappa shape index (κ1) is 15.4. The maximum atomic E-state index is 3.76. The summed E-state index contributed by atoms with van der Waals surface area (Å²) in [5.41, 5.74) is 0.501. The number of hydrogen-bond donors (Lipinski definition) is 1. The molecule has 0 amide bonds. The molecule has 0 radical (unpaired) electrons. The fourth-order valence-electron chi connectivity index (χ4n) is 2.79. The van der Waals surface area contributed by atoms with E-state index in [4.69, 9.17) is 0 Å². The van der Waals surface area contributed by atoms with Crippen molar-refractivity contribution in [1.29, 1.82) is 0 Å². The summed E-state index contributed by atoms with van der Waals surface area (Å²) in [6, 6.07) is 0.775. The Labute approximate surface area is 113 Å². The summed E-state index contributed by atoms with van der Waals surface area (Å²) in [6.07, 6.45) is 9.22. The van der Waals surface area contributed by atoms with Crippen molar-refractivity contribution in [3.63, 3.8) is 0 Å². The van der Waals surface area contributed by atoms with E-state index in [2.05, 4.69) is 39.3 Å². The van der Waals surface area contributed by atoms with Gasteiger partial charge in [-0.05, 0) is 43.3 Å². The molecule has 1 aliphatic carbocycles. The van der Waals surface area contributed by atoms with Gasteiger partial charge in [-0.3, -0.25) is 0 Å². The molecule has 0 aliphatic heterocycles. The Balaban J connectivity index is 2.32. The fraction of sp³-hybridized carbons (Fsp3) is 1.00. The maximum absolute atomic E-state index is 3.76. The van der Waals surface area contributed by atoms with Gasteiger partial charge in [0.1, 0.15) is 0 Å². The molecule has 1 N–H and O–H groups in total. The molecule has 0 bridgehead atoms. The van der Waals surface area contributed by atoms with Crippen LogP contribution in [-0.2, 0) is 0 Å². The molecular formula is C15H31NS. The third kappa shape index (κ3) is 5.65. The van der Waals surface area contributed by atoms with E-state index in [0.717, 1.165) is 17.2 Å². The van der Waals surface area contributed by atoms with Crippen LogP contribution in [0.3, 0.4) is 0 Å². The van der Waals surface area contributed by atoms with Crippen molar-refractivity contribution in [3.8, 4) is 0 Å². The maximum Gasteiger partial charge on any atom is 0.0141 e. The van der Waals surface area contributed by atoms with Gasteiger partial charge in [0.05, 0.1) is 0 Å². The molecule has 1 aliphatic rings. The highest BCUT2D eigenvalue weighted by Gasteiger charge is 2.27. The van der Waals surface area contributed by atoms with Crippen molar-refractivity contribution >= 4 is 11.8 Å². The Kier molecular flexibility index (Phi) is 6.36. The summed E-state index contributed by atoms with van der Waals surface area (Å²) in [6.45, 7) is 10.7. The highest BCUT2D eigenvalue weighted by atomic mass is 32.2. The largest absolute Gasteiger partial charge is 0.313 e. The van der Waals surface area contributed by atoms with Gasteiger partial charge in [-0.15, -0.1) is 0 Å². The summed E-state index contributed by atoms with van der Waals surface area (Å²) >= 11 is 1.96. The van der Waals surface area contributed by atoms with Crippen LogP contribution in [0.2, 0.25) is 0 Å². The highest BCUT2D eigenvalue weighted by Crippen LogP contribution is 2.36. The van der Waals surface area contributed by atoms with Gasteiger partial charge >= 0.3 is 0 Å². The zero-order valence-electron chi connectivity index (χ0n) is 12.4. The number of nitrogens with one attached hydrogen (secondary N) is 1. The first-order chi connectivity index (χ1) is 7.93. The summed E-state index contributed by atoms with van der Waals surface area (Å²) in [5.74, 6) is 0.923. The van der Waals surface area contributed by atoms with Crippen LogP contribution >= 0.6 is 11.8 Å². The van der Waals surface area contributed by atoms with E-state index in [9.17, 15) is 0 Å². The van der Waals surface area contributed by atoms with Crippen molar-refractivity contribution in [3.05, 3.63) is 0 Å². The molecule has 0 aromatic heterocycles. The van der Waals surface area contributed by atoms with Gasteiger partial charge in [-0.2, -0.15) is 11.8 Å². The molecule has 3 unspecified atom stereocenters. The summed E-state index contributed by atoms with van der Waals surface area (Å²) in [7, 11) is 0. The lowest BCUT2D eigenvalue weighted by Crippen LogP contribution is -2.33. The number of rotatable bonds is 4. The van der Waals surface area contributed by atoms with Gasteiger partial charge in [0, 0.05) is 17.8 Å². The highest BCUT2D eigenvalue weighted by molar-refractivity contribution is 7.99. The standard InChI is InChI=1S/C15H31NS/c1-12(17-5)11-16-14-8-6-7-13(9-10-14)15(2,3)4/h12-14,16H,6-11H2,1-5H3. The molecule has 0 heterocycles. The van der Waals surface area contributed by atoms with Gasteiger partial charge in [0.2, 0.25) is 0 Å². The van der Waals surface area contributed by atoms with Crippen LogP contribution in [0.15, 0.2) is 0 Å².